The molecule has 1 amide bonds. The maximum absolute atomic E-state index is 12.0. The lowest BCUT2D eigenvalue weighted by molar-refractivity contribution is 0.102. The lowest BCUT2D eigenvalue weighted by Crippen LogP contribution is -2.21. The fraction of sp³-hybridized carbons (Fsp3) is 0. The van der Waals surface area contributed by atoms with Gasteiger partial charge in [-0.3, -0.25) is 24.6 Å². The van der Waals surface area contributed by atoms with E-state index in [1.54, 1.807) is 6.07 Å². The van der Waals surface area contributed by atoms with E-state index in [-0.39, 0.29) is 25.9 Å². The van der Waals surface area contributed by atoms with Crippen molar-refractivity contribution in [2.45, 2.75) is 0 Å². The molecule has 0 fully saturated rings. The highest BCUT2D eigenvalue weighted by Gasteiger charge is 2.15. The number of amides is 1. The summed E-state index contributed by atoms with van der Waals surface area (Å²) in [6, 6.07) is 4.55. The van der Waals surface area contributed by atoms with Crippen LogP contribution in [0.2, 0.25) is 4.47 Å². The van der Waals surface area contributed by atoms with Crippen LogP contribution in [-0.4, -0.2) is 26.3 Å². The summed E-state index contributed by atoms with van der Waals surface area (Å²) < 4.78 is 0.132. The summed E-state index contributed by atoms with van der Waals surface area (Å²) in [4.78, 5) is 35.5. The van der Waals surface area contributed by atoms with E-state index in [1.807, 2.05) is 0 Å². The Morgan fingerprint density at radius 3 is 2.67 bits per heavy atom. The molecular weight excluding hydrogens is 318 g/mol. The van der Waals surface area contributed by atoms with Gasteiger partial charge >= 0.3 is 0 Å². The number of nitrogens with one attached hydrogen (secondary N) is 3. The summed E-state index contributed by atoms with van der Waals surface area (Å²) in [5.41, 5.74) is -0.772. The number of hydrogen-bond acceptors (Lipinski definition) is 6. The molecule has 0 aliphatic rings. The van der Waals surface area contributed by atoms with Crippen LogP contribution >= 0.6 is 22.9 Å². The molecule has 0 radical (unpaired) electrons. The number of H-pyrrole nitrogens is 2. The summed E-state index contributed by atoms with van der Waals surface area (Å²) >= 11 is 6.52. The van der Waals surface area contributed by atoms with Crippen molar-refractivity contribution in [3.8, 4) is 0 Å². The number of carbonyl (C=O) groups excluding carboxylic acids is 1. The number of hydrogen-bond donors (Lipinski definition) is 3. The third-order valence-corrected chi connectivity index (χ3v) is 3.69. The first-order valence-corrected chi connectivity index (χ1v) is 6.80. The van der Waals surface area contributed by atoms with Crippen LogP contribution in [0.15, 0.2) is 27.8 Å². The summed E-state index contributed by atoms with van der Waals surface area (Å²) in [6.45, 7) is 0. The summed E-state index contributed by atoms with van der Waals surface area (Å²) in [5.74, 6) is -0.563. The average molecular weight is 324 g/mol. The van der Waals surface area contributed by atoms with Gasteiger partial charge in [-0.25, -0.2) is 0 Å². The second-order valence-electron chi connectivity index (χ2n) is 3.95. The highest BCUT2D eigenvalue weighted by atomic mass is 35.5. The Hall–Kier alpha value is -2.52. The number of halogens is 1. The zero-order valence-electron chi connectivity index (χ0n) is 10.1. The van der Waals surface area contributed by atoms with Crippen LogP contribution in [0, 0.1) is 0 Å². The number of aromatic amines is 2. The van der Waals surface area contributed by atoms with Crippen LogP contribution < -0.4 is 16.4 Å². The molecule has 21 heavy (non-hydrogen) atoms. The Bertz CT molecular complexity index is 960. The van der Waals surface area contributed by atoms with Crippen molar-refractivity contribution in [1.82, 2.24) is 20.4 Å². The first kappa shape index (κ1) is 13.5. The monoisotopic (exact) mass is 323 g/mol. The zero-order valence-corrected chi connectivity index (χ0v) is 11.7. The van der Waals surface area contributed by atoms with E-state index in [0.717, 1.165) is 11.3 Å². The van der Waals surface area contributed by atoms with Crippen LogP contribution in [0.1, 0.15) is 9.80 Å². The van der Waals surface area contributed by atoms with Crippen molar-refractivity contribution in [1.29, 1.82) is 0 Å². The van der Waals surface area contributed by atoms with E-state index in [9.17, 15) is 14.4 Å². The molecule has 8 nitrogen and oxygen atoms in total. The highest BCUT2D eigenvalue weighted by molar-refractivity contribution is 7.17. The molecule has 10 heteroatoms. The van der Waals surface area contributed by atoms with Gasteiger partial charge in [0.2, 0.25) is 9.47 Å². The number of carbonyl (C=O) groups is 1. The second kappa shape index (κ2) is 5.11. The van der Waals surface area contributed by atoms with Crippen molar-refractivity contribution in [3.05, 3.63) is 48.4 Å². The number of aromatic nitrogens is 4. The molecule has 0 atom stereocenters. The van der Waals surface area contributed by atoms with E-state index < -0.39 is 17.0 Å². The van der Waals surface area contributed by atoms with Gasteiger partial charge in [0.25, 0.3) is 17.0 Å². The molecule has 0 bridgehead atoms. The minimum atomic E-state index is -0.563. The standard InChI is InChI=1S/C11H6ClN5O3S/c12-11-17-16-10(21-11)9(20)13-5-3-1-2-4-6(5)8(19)15-14-7(4)18/h1-3H,(H,13,20)(H,14,18)(H,15,19). The van der Waals surface area contributed by atoms with Gasteiger partial charge in [-0.05, 0) is 23.7 Å². The Morgan fingerprint density at radius 2 is 1.95 bits per heavy atom. The lowest BCUT2D eigenvalue weighted by atomic mass is 10.1. The van der Waals surface area contributed by atoms with Crippen molar-refractivity contribution >= 4 is 45.3 Å². The lowest BCUT2D eigenvalue weighted by Gasteiger charge is -2.05. The molecule has 2 heterocycles. The van der Waals surface area contributed by atoms with Crippen molar-refractivity contribution in [2.24, 2.45) is 0 Å². The normalized spacial score (nSPS) is 10.7. The second-order valence-corrected chi connectivity index (χ2v) is 5.51. The third-order valence-electron chi connectivity index (χ3n) is 2.67. The van der Waals surface area contributed by atoms with Gasteiger partial charge in [-0.15, -0.1) is 10.2 Å². The van der Waals surface area contributed by atoms with Gasteiger partial charge in [0.1, 0.15) is 0 Å². The summed E-state index contributed by atoms with van der Waals surface area (Å²) in [5, 5.41) is 14.4. The summed E-state index contributed by atoms with van der Waals surface area (Å²) in [7, 11) is 0. The van der Waals surface area contributed by atoms with Gasteiger partial charge in [-0.1, -0.05) is 17.4 Å². The van der Waals surface area contributed by atoms with E-state index in [4.69, 9.17) is 11.6 Å². The van der Waals surface area contributed by atoms with Crippen LogP contribution in [-0.2, 0) is 0 Å². The van der Waals surface area contributed by atoms with Gasteiger partial charge < -0.3 is 5.32 Å². The SMILES string of the molecule is O=C(Nc1cccc2c(=O)[nH][nH]c(=O)c12)c1nnc(Cl)s1. The van der Waals surface area contributed by atoms with Gasteiger partial charge in [0.15, 0.2) is 0 Å². The van der Waals surface area contributed by atoms with Crippen molar-refractivity contribution < 1.29 is 4.79 Å². The first-order chi connectivity index (χ1) is 10.1. The van der Waals surface area contributed by atoms with E-state index >= 15 is 0 Å². The van der Waals surface area contributed by atoms with Gasteiger partial charge in [-0.2, -0.15) is 0 Å². The number of rotatable bonds is 2. The molecule has 0 aliphatic heterocycles. The maximum Gasteiger partial charge on any atom is 0.286 e. The molecular formula is C11H6ClN5O3S. The number of nitrogens with zero attached hydrogens (tertiary/aromatic N) is 2. The van der Waals surface area contributed by atoms with E-state index in [0.29, 0.717) is 0 Å². The molecule has 2 aromatic heterocycles. The predicted molar refractivity (Wildman–Crippen MR) is 78.1 cm³/mol. The molecule has 0 spiro atoms. The molecule has 0 unspecified atom stereocenters. The van der Waals surface area contributed by atoms with Crippen molar-refractivity contribution in [3.63, 3.8) is 0 Å². The number of benzene rings is 1. The fourth-order valence-corrected chi connectivity index (χ4v) is 2.53. The molecule has 3 rings (SSSR count). The number of anilines is 1. The first-order valence-electron chi connectivity index (χ1n) is 5.60. The van der Waals surface area contributed by atoms with E-state index in [2.05, 4.69) is 25.7 Å². The molecule has 0 saturated carbocycles. The maximum atomic E-state index is 12.0. The van der Waals surface area contributed by atoms with Crippen LogP contribution in [0.25, 0.3) is 10.8 Å². The van der Waals surface area contributed by atoms with Gasteiger partial charge in [0, 0.05) is 0 Å². The van der Waals surface area contributed by atoms with Crippen LogP contribution in [0.5, 0.6) is 0 Å². The average Bonchev–Trinajstić information content (AvgIpc) is 2.90. The topological polar surface area (TPSA) is 121 Å². The molecule has 1 aromatic carbocycles. The molecule has 0 aliphatic carbocycles. The van der Waals surface area contributed by atoms with Crippen LogP contribution in [0.4, 0.5) is 5.69 Å². The molecule has 0 saturated heterocycles. The third kappa shape index (κ3) is 2.43. The predicted octanol–water partition coefficient (Wildman–Crippen LogP) is 0.974. The molecule has 106 valence electrons. The Balaban J connectivity index is 2.09. The number of fused-ring (bicyclic) bond motifs is 1. The zero-order chi connectivity index (χ0) is 15.0. The quantitative estimate of drug-likeness (QED) is 0.649. The Morgan fingerprint density at radius 1 is 1.19 bits per heavy atom. The van der Waals surface area contributed by atoms with E-state index in [1.165, 1.54) is 12.1 Å². The van der Waals surface area contributed by atoms with Gasteiger partial charge in [0.05, 0.1) is 16.5 Å². The summed E-state index contributed by atoms with van der Waals surface area (Å²) in [6.07, 6.45) is 0. The highest BCUT2D eigenvalue weighted by Crippen LogP contribution is 2.20. The van der Waals surface area contributed by atoms with Crippen molar-refractivity contribution in [2.75, 3.05) is 5.32 Å². The minimum absolute atomic E-state index is 0.0540. The minimum Gasteiger partial charge on any atom is -0.319 e. The fourth-order valence-electron chi connectivity index (χ4n) is 1.81. The molecule has 3 aromatic rings. The largest absolute Gasteiger partial charge is 0.319 e. The smallest absolute Gasteiger partial charge is 0.286 e. The Kier molecular flexibility index (Phi) is 3.28. The molecule has 3 N–H and O–H groups in total. The van der Waals surface area contributed by atoms with Crippen LogP contribution in [0.3, 0.4) is 0 Å². The Labute approximate surface area is 124 Å².